The fraction of sp³-hybridized carbons (Fsp3) is 0.600. The molecule has 1 aliphatic heterocycles. The second kappa shape index (κ2) is 5.99. The molecule has 100 valence electrons. The summed E-state index contributed by atoms with van der Waals surface area (Å²) in [5.41, 5.74) is 0. The van der Waals surface area contributed by atoms with Crippen LogP contribution in [0.1, 0.15) is 25.7 Å². The maximum atomic E-state index is 11.5. The summed E-state index contributed by atoms with van der Waals surface area (Å²) < 4.78 is 0. The second-order valence-electron chi connectivity index (χ2n) is 3.99. The van der Waals surface area contributed by atoms with Gasteiger partial charge in [0.15, 0.2) is 0 Å². The van der Waals surface area contributed by atoms with Crippen LogP contribution in [0.2, 0.25) is 0 Å². The summed E-state index contributed by atoms with van der Waals surface area (Å²) in [6, 6.07) is -1.73. The van der Waals surface area contributed by atoms with Gasteiger partial charge in [0.25, 0.3) is 0 Å². The lowest BCUT2D eigenvalue weighted by Crippen LogP contribution is -2.61. The molecule has 8 nitrogen and oxygen atoms in total. The normalized spacial score (nSPS) is 23.1. The number of rotatable bonds is 6. The Morgan fingerprint density at radius 3 is 1.50 bits per heavy atom. The number of carbonyl (C=O) groups is 4. The molecule has 0 aromatic heterocycles. The Morgan fingerprint density at radius 1 is 0.889 bits per heavy atom. The highest BCUT2D eigenvalue weighted by Gasteiger charge is 2.33. The molecule has 1 fully saturated rings. The highest BCUT2D eigenvalue weighted by atomic mass is 16.4. The van der Waals surface area contributed by atoms with Crippen LogP contribution in [-0.2, 0) is 19.2 Å². The Labute approximate surface area is 102 Å². The molecule has 1 aliphatic rings. The van der Waals surface area contributed by atoms with Crippen molar-refractivity contribution in [2.24, 2.45) is 0 Å². The predicted molar refractivity (Wildman–Crippen MR) is 57.6 cm³/mol. The quantitative estimate of drug-likeness (QED) is 0.468. The number of carboxylic acid groups (broad SMARTS) is 2. The molecular weight excluding hydrogens is 244 g/mol. The van der Waals surface area contributed by atoms with E-state index in [1.807, 2.05) is 0 Å². The van der Waals surface area contributed by atoms with E-state index in [2.05, 4.69) is 10.6 Å². The van der Waals surface area contributed by atoms with Crippen molar-refractivity contribution in [1.82, 2.24) is 10.6 Å². The Kier molecular flexibility index (Phi) is 4.64. The smallest absolute Gasteiger partial charge is 0.303 e. The molecular formula is C10H14N2O6. The minimum Gasteiger partial charge on any atom is -0.481 e. The van der Waals surface area contributed by atoms with Crippen LogP contribution in [0.3, 0.4) is 0 Å². The van der Waals surface area contributed by atoms with Gasteiger partial charge in [0, 0.05) is 12.8 Å². The number of carbonyl (C=O) groups excluding carboxylic acids is 2. The molecule has 8 heteroatoms. The number of amides is 2. The number of nitrogens with one attached hydrogen (secondary N) is 2. The molecule has 0 bridgehead atoms. The Balaban J connectivity index is 2.48. The van der Waals surface area contributed by atoms with E-state index < -0.39 is 35.8 Å². The lowest BCUT2D eigenvalue weighted by Gasteiger charge is -2.29. The molecule has 0 aromatic carbocycles. The molecule has 1 rings (SSSR count). The van der Waals surface area contributed by atoms with Gasteiger partial charge in [-0.1, -0.05) is 0 Å². The van der Waals surface area contributed by atoms with E-state index in [1.165, 1.54) is 0 Å². The first-order chi connectivity index (χ1) is 8.40. The molecule has 0 aromatic rings. The zero-order chi connectivity index (χ0) is 13.7. The first-order valence-electron chi connectivity index (χ1n) is 5.44. The average Bonchev–Trinajstić information content (AvgIpc) is 2.27. The van der Waals surface area contributed by atoms with Gasteiger partial charge >= 0.3 is 11.9 Å². The van der Waals surface area contributed by atoms with Gasteiger partial charge in [-0.3, -0.25) is 19.2 Å². The van der Waals surface area contributed by atoms with Gasteiger partial charge in [-0.25, -0.2) is 0 Å². The van der Waals surface area contributed by atoms with Gasteiger partial charge in [-0.05, 0) is 12.8 Å². The van der Waals surface area contributed by atoms with Crippen LogP contribution >= 0.6 is 0 Å². The highest BCUT2D eigenvalue weighted by molar-refractivity contribution is 5.97. The molecule has 4 N–H and O–H groups in total. The predicted octanol–water partition coefficient (Wildman–Crippen LogP) is -1.30. The summed E-state index contributed by atoms with van der Waals surface area (Å²) in [5, 5.41) is 21.7. The maximum Gasteiger partial charge on any atom is 0.303 e. The van der Waals surface area contributed by atoms with Crippen molar-refractivity contribution in [3.8, 4) is 0 Å². The number of hydrogen-bond acceptors (Lipinski definition) is 4. The van der Waals surface area contributed by atoms with E-state index in [0.29, 0.717) is 0 Å². The van der Waals surface area contributed by atoms with Gasteiger partial charge < -0.3 is 20.8 Å². The molecule has 0 aliphatic carbocycles. The van der Waals surface area contributed by atoms with E-state index in [0.717, 1.165) is 0 Å². The van der Waals surface area contributed by atoms with Gasteiger partial charge in [0.1, 0.15) is 12.1 Å². The first kappa shape index (κ1) is 13.9. The first-order valence-corrected chi connectivity index (χ1v) is 5.44. The summed E-state index contributed by atoms with van der Waals surface area (Å²) in [6.45, 7) is 0. The van der Waals surface area contributed by atoms with Gasteiger partial charge in [0.05, 0.1) is 0 Å². The minimum absolute atomic E-state index is 0.0125. The van der Waals surface area contributed by atoms with Crippen LogP contribution in [0.5, 0.6) is 0 Å². The number of piperazine rings is 1. The summed E-state index contributed by atoms with van der Waals surface area (Å²) >= 11 is 0. The molecule has 2 atom stereocenters. The largest absolute Gasteiger partial charge is 0.481 e. The fourth-order valence-corrected chi connectivity index (χ4v) is 1.62. The molecule has 18 heavy (non-hydrogen) atoms. The van der Waals surface area contributed by atoms with E-state index in [9.17, 15) is 19.2 Å². The Hall–Kier alpha value is -2.12. The van der Waals surface area contributed by atoms with E-state index in [-0.39, 0.29) is 25.7 Å². The third-order valence-electron chi connectivity index (χ3n) is 2.56. The lowest BCUT2D eigenvalue weighted by atomic mass is 10.0. The summed E-state index contributed by atoms with van der Waals surface area (Å²) in [4.78, 5) is 43.8. The van der Waals surface area contributed by atoms with Crippen molar-refractivity contribution < 1.29 is 29.4 Å². The van der Waals surface area contributed by atoms with Crippen molar-refractivity contribution in [3.05, 3.63) is 0 Å². The zero-order valence-electron chi connectivity index (χ0n) is 9.51. The zero-order valence-corrected chi connectivity index (χ0v) is 9.51. The average molecular weight is 258 g/mol. The SMILES string of the molecule is O=C(O)CC[C@@H]1NC(=O)[C@@H](CCC(=O)O)NC1=O. The molecule has 1 saturated heterocycles. The third kappa shape index (κ3) is 4.04. The summed E-state index contributed by atoms with van der Waals surface area (Å²) in [5.74, 6) is -3.06. The summed E-state index contributed by atoms with van der Waals surface area (Å²) in [7, 11) is 0. The summed E-state index contributed by atoms with van der Waals surface area (Å²) in [6.07, 6.45) is -0.423. The van der Waals surface area contributed by atoms with E-state index in [1.54, 1.807) is 0 Å². The highest BCUT2D eigenvalue weighted by Crippen LogP contribution is 2.08. The van der Waals surface area contributed by atoms with E-state index >= 15 is 0 Å². The number of hydrogen-bond donors (Lipinski definition) is 4. The molecule has 0 saturated carbocycles. The van der Waals surface area contributed by atoms with Crippen LogP contribution in [-0.4, -0.2) is 46.0 Å². The van der Waals surface area contributed by atoms with Crippen LogP contribution in [0, 0.1) is 0 Å². The monoisotopic (exact) mass is 258 g/mol. The second-order valence-corrected chi connectivity index (χ2v) is 3.99. The minimum atomic E-state index is -1.05. The molecule has 0 radical (unpaired) electrons. The molecule has 2 amide bonds. The Bertz CT molecular complexity index is 345. The number of carboxylic acids is 2. The topological polar surface area (TPSA) is 133 Å². The van der Waals surface area contributed by atoms with Crippen LogP contribution in [0.25, 0.3) is 0 Å². The molecule has 1 heterocycles. The van der Waals surface area contributed by atoms with Gasteiger partial charge in [0.2, 0.25) is 11.8 Å². The van der Waals surface area contributed by atoms with Crippen molar-refractivity contribution in [1.29, 1.82) is 0 Å². The third-order valence-corrected chi connectivity index (χ3v) is 2.56. The van der Waals surface area contributed by atoms with Crippen LogP contribution in [0.4, 0.5) is 0 Å². The van der Waals surface area contributed by atoms with Crippen molar-refractivity contribution >= 4 is 23.8 Å². The van der Waals surface area contributed by atoms with Crippen molar-refractivity contribution in [2.45, 2.75) is 37.8 Å². The molecule has 0 unspecified atom stereocenters. The van der Waals surface area contributed by atoms with Crippen molar-refractivity contribution in [2.75, 3.05) is 0 Å². The van der Waals surface area contributed by atoms with E-state index in [4.69, 9.17) is 10.2 Å². The van der Waals surface area contributed by atoms with Crippen molar-refractivity contribution in [3.63, 3.8) is 0 Å². The van der Waals surface area contributed by atoms with Crippen LogP contribution < -0.4 is 10.6 Å². The fourth-order valence-electron chi connectivity index (χ4n) is 1.62. The molecule has 0 spiro atoms. The standard InChI is InChI=1S/C10H14N2O6/c13-7(14)3-1-5-9(17)12-6(10(18)11-5)2-4-8(15)16/h5-6H,1-4H2,(H,11,18)(H,12,17)(H,13,14)(H,15,16)/t5-,6+. The number of aliphatic carboxylic acids is 2. The van der Waals surface area contributed by atoms with Gasteiger partial charge in [-0.2, -0.15) is 0 Å². The van der Waals surface area contributed by atoms with Crippen LogP contribution in [0.15, 0.2) is 0 Å². The lowest BCUT2D eigenvalue weighted by molar-refractivity contribution is -0.141. The maximum absolute atomic E-state index is 11.5. The van der Waals surface area contributed by atoms with Gasteiger partial charge in [-0.15, -0.1) is 0 Å². The Morgan fingerprint density at radius 2 is 1.22 bits per heavy atom.